The number of aryl methyl sites for hydroxylation is 1. The van der Waals surface area contributed by atoms with Gasteiger partial charge in [0.1, 0.15) is 0 Å². The molecule has 7 nitrogen and oxygen atoms in total. The monoisotopic (exact) mass is 302 g/mol. The van der Waals surface area contributed by atoms with Gasteiger partial charge in [-0.05, 0) is 18.9 Å². The summed E-state index contributed by atoms with van der Waals surface area (Å²) < 4.78 is 7.06. The number of hydrogen-bond acceptors (Lipinski definition) is 6. The van der Waals surface area contributed by atoms with Crippen LogP contribution in [0.1, 0.15) is 18.5 Å². The van der Waals surface area contributed by atoms with Gasteiger partial charge >= 0.3 is 0 Å². The van der Waals surface area contributed by atoms with Gasteiger partial charge in [-0.15, -0.1) is 0 Å². The number of hydrogen-bond donors (Lipinski definition) is 1. The van der Waals surface area contributed by atoms with Crippen molar-refractivity contribution in [1.29, 1.82) is 0 Å². The summed E-state index contributed by atoms with van der Waals surface area (Å²) in [5.74, 6) is 1.23. The second-order valence-corrected chi connectivity index (χ2v) is 5.56. The van der Waals surface area contributed by atoms with Gasteiger partial charge in [0.05, 0.1) is 12.8 Å². The van der Waals surface area contributed by atoms with Crippen LogP contribution in [-0.2, 0) is 13.6 Å². The van der Waals surface area contributed by atoms with Crippen LogP contribution in [0.5, 0.6) is 5.88 Å². The second-order valence-electron chi connectivity index (χ2n) is 5.56. The smallest absolute Gasteiger partial charge is 0.226 e. The molecule has 0 aromatic carbocycles. The molecule has 1 aliphatic rings. The van der Waals surface area contributed by atoms with Crippen molar-refractivity contribution in [3.63, 3.8) is 0 Å². The summed E-state index contributed by atoms with van der Waals surface area (Å²) in [6.45, 7) is 3.08. The Morgan fingerprint density at radius 1 is 1.27 bits per heavy atom. The molecule has 1 aliphatic heterocycles. The number of rotatable bonds is 5. The molecule has 118 valence electrons. The van der Waals surface area contributed by atoms with Crippen LogP contribution in [0.25, 0.3) is 0 Å². The van der Waals surface area contributed by atoms with Crippen molar-refractivity contribution >= 4 is 5.95 Å². The molecule has 1 saturated heterocycles. The average molecular weight is 302 g/mol. The van der Waals surface area contributed by atoms with Crippen LogP contribution < -0.4 is 10.1 Å². The van der Waals surface area contributed by atoms with Crippen molar-refractivity contribution in [1.82, 2.24) is 24.6 Å². The van der Waals surface area contributed by atoms with E-state index < -0.39 is 0 Å². The van der Waals surface area contributed by atoms with Crippen LogP contribution >= 0.6 is 0 Å². The quantitative estimate of drug-likeness (QED) is 0.898. The van der Waals surface area contributed by atoms with E-state index in [0.29, 0.717) is 17.9 Å². The van der Waals surface area contributed by atoms with Crippen molar-refractivity contribution in [2.24, 2.45) is 7.05 Å². The maximum atomic E-state index is 5.12. The summed E-state index contributed by atoms with van der Waals surface area (Å²) in [6.07, 6.45) is 5.73. The first-order valence-electron chi connectivity index (χ1n) is 7.57. The number of nitrogens with zero attached hydrogens (tertiary/aromatic N) is 5. The number of aromatic nitrogens is 4. The summed E-state index contributed by atoms with van der Waals surface area (Å²) in [5, 5.41) is 7.62. The zero-order valence-electron chi connectivity index (χ0n) is 13.1. The van der Waals surface area contributed by atoms with E-state index in [-0.39, 0.29) is 0 Å². The summed E-state index contributed by atoms with van der Waals surface area (Å²) in [4.78, 5) is 11.0. The Bertz CT molecular complexity index is 606. The van der Waals surface area contributed by atoms with Crippen molar-refractivity contribution in [2.45, 2.75) is 25.4 Å². The van der Waals surface area contributed by atoms with E-state index in [4.69, 9.17) is 4.74 Å². The van der Waals surface area contributed by atoms with E-state index in [1.165, 1.54) is 5.69 Å². The lowest BCUT2D eigenvalue weighted by atomic mass is 10.1. The van der Waals surface area contributed by atoms with E-state index in [2.05, 4.69) is 31.3 Å². The van der Waals surface area contributed by atoms with E-state index in [1.807, 2.05) is 17.9 Å². The third kappa shape index (κ3) is 3.54. The third-order valence-corrected chi connectivity index (χ3v) is 4.07. The summed E-state index contributed by atoms with van der Waals surface area (Å²) >= 11 is 0. The highest BCUT2D eigenvalue weighted by Gasteiger charge is 2.20. The zero-order chi connectivity index (χ0) is 15.4. The standard InChI is InChI=1S/C15H22N6O/c1-20-13(3-8-17-20)11-21-9-5-12(6-10-21)18-15-16-7-4-14(19-15)22-2/h3-4,7-8,12H,5-6,9-11H2,1-2H3,(H,16,18,19). The fourth-order valence-corrected chi connectivity index (χ4v) is 2.73. The van der Waals surface area contributed by atoms with Gasteiger partial charge in [-0.2, -0.15) is 10.1 Å². The maximum Gasteiger partial charge on any atom is 0.226 e. The SMILES string of the molecule is COc1ccnc(NC2CCN(Cc3ccnn3C)CC2)n1. The second kappa shape index (κ2) is 6.74. The Balaban J connectivity index is 1.50. The van der Waals surface area contributed by atoms with Crippen LogP contribution in [0.4, 0.5) is 5.95 Å². The van der Waals surface area contributed by atoms with Crippen molar-refractivity contribution in [3.8, 4) is 5.88 Å². The molecule has 7 heteroatoms. The van der Waals surface area contributed by atoms with Gasteiger partial charge in [-0.1, -0.05) is 0 Å². The molecule has 3 heterocycles. The van der Waals surface area contributed by atoms with Crippen LogP contribution in [0.15, 0.2) is 24.5 Å². The lowest BCUT2D eigenvalue weighted by molar-refractivity contribution is 0.206. The molecule has 2 aromatic rings. The van der Waals surface area contributed by atoms with Gasteiger partial charge in [0.25, 0.3) is 0 Å². The minimum Gasteiger partial charge on any atom is -0.481 e. The Labute approximate surface area is 130 Å². The normalized spacial score (nSPS) is 16.6. The van der Waals surface area contributed by atoms with Crippen molar-refractivity contribution in [2.75, 3.05) is 25.5 Å². The van der Waals surface area contributed by atoms with Gasteiger partial charge in [0, 0.05) is 51.2 Å². The minimum atomic E-state index is 0.412. The molecular formula is C15H22N6O. The number of piperidine rings is 1. The Kier molecular flexibility index (Phi) is 4.53. The molecule has 0 radical (unpaired) electrons. The lowest BCUT2D eigenvalue weighted by Crippen LogP contribution is -2.39. The molecule has 22 heavy (non-hydrogen) atoms. The predicted octanol–water partition coefficient (Wildman–Crippen LogP) is 1.30. The fourth-order valence-electron chi connectivity index (χ4n) is 2.73. The number of methoxy groups -OCH3 is 1. The van der Waals surface area contributed by atoms with E-state index in [0.717, 1.165) is 32.5 Å². The first kappa shape index (κ1) is 14.8. The first-order chi connectivity index (χ1) is 10.7. The molecule has 1 N–H and O–H groups in total. The van der Waals surface area contributed by atoms with Gasteiger partial charge < -0.3 is 10.1 Å². The maximum absolute atomic E-state index is 5.12. The number of ether oxygens (including phenoxy) is 1. The Morgan fingerprint density at radius 3 is 2.77 bits per heavy atom. The molecule has 0 atom stereocenters. The van der Waals surface area contributed by atoms with Gasteiger partial charge in [-0.25, -0.2) is 4.98 Å². The number of anilines is 1. The molecule has 0 aliphatic carbocycles. The van der Waals surface area contributed by atoms with Crippen LogP contribution in [0, 0.1) is 0 Å². The van der Waals surface area contributed by atoms with Crippen molar-refractivity contribution < 1.29 is 4.74 Å². The van der Waals surface area contributed by atoms with Gasteiger partial charge in [-0.3, -0.25) is 9.58 Å². The van der Waals surface area contributed by atoms with Crippen molar-refractivity contribution in [3.05, 3.63) is 30.2 Å². The highest BCUT2D eigenvalue weighted by atomic mass is 16.5. The molecule has 1 fully saturated rings. The predicted molar refractivity (Wildman–Crippen MR) is 83.7 cm³/mol. The van der Waals surface area contributed by atoms with Gasteiger partial charge in [0.15, 0.2) is 0 Å². The van der Waals surface area contributed by atoms with Gasteiger partial charge in [0.2, 0.25) is 11.8 Å². The summed E-state index contributed by atoms with van der Waals surface area (Å²) in [5.41, 5.74) is 1.25. The molecule has 0 bridgehead atoms. The number of likely N-dealkylation sites (tertiary alicyclic amines) is 1. The highest BCUT2D eigenvalue weighted by Crippen LogP contribution is 2.17. The first-order valence-corrected chi connectivity index (χ1v) is 7.57. The molecule has 3 rings (SSSR count). The largest absolute Gasteiger partial charge is 0.481 e. The minimum absolute atomic E-state index is 0.412. The highest BCUT2D eigenvalue weighted by molar-refractivity contribution is 5.29. The molecule has 2 aromatic heterocycles. The molecule has 0 spiro atoms. The Morgan fingerprint density at radius 2 is 2.09 bits per heavy atom. The van der Waals surface area contributed by atoms with Crippen LogP contribution in [0.2, 0.25) is 0 Å². The number of nitrogens with one attached hydrogen (secondary N) is 1. The molecule has 0 saturated carbocycles. The van der Waals surface area contributed by atoms with Crippen LogP contribution in [-0.4, -0.2) is 50.9 Å². The summed E-state index contributed by atoms with van der Waals surface area (Å²) in [7, 11) is 3.60. The fraction of sp³-hybridized carbons (Fsp3) is 0.533. The van der Waals surface area contributed by atoms with E-state index in [9.17, 15) is 0 Å². The lowest BCUT2D eigenvalue weighted by Gasteiger charge is -2.32. The molecular weight excluding hydrogens is 280 g/mol. The van der Waals surface area contributed by atoms with Crippen LogP contribution in [0.3, 0.4) is 0 Å². The molecule has 0 amide bonds. The third-order valence-electron chi connectivity index (χ3n) is 4.07. The average Bonchev–Trinajstić information content (AvgIpc) is 2.94. The zero-order valence-corrected chi connectivity index (χ0v) is 13.1. The summed E-state index contributed by atoms with van der Waals surface area (Å²) in [6, 6.07) is 4.24. The van der Waals surface area contributed by atoms with E-state index in [1.54, 1.807) is 19.4 Å². The molecule has 0 unspecified atom stereocenters. The van der Waals surface area contributed by atoms with E-state index >= 15 is 0 Å². The Hall–Kier alpha value is -2.15. The topological polar surface area (TPSA) is 68.1 Å².